The molecular formula is C29H36ClN7O2. The Labute approximate surface area is 235 Å². The van der Waals surface area contributed by atoms with Gasteiger partial charge in [-0.25, -0.2) is 14.6 Å². The van der Waals surface area contributed by atoms with E-state index in [4.69, 9.17) is 15.5 Å². The number of rotatable bonds is 9. The molecule has 1 aliphatic carbocycles. The quantitative estimate of drug-likeness (QED) is 0.260. The predicted molar refractivity (Wildman–Crippen MR) is 156 cm³/mol. The van der Waals surface area contributed by atoms with E-state index in [-0.39, 0.29) is 36.4 Å². The second-order valence-electron chi connectivity index (χ2n) is 9.84. The van der Waals surface area contributed by atoms with Gasteiger partial charge in [0.05, 0.1) is 23.7 Å². The van der Waals surface area contributed by atoms with Crippen LogP contribution in [0.2, 0.25) is 0 Å². The Bertz CT molecular complexity index is 1370. The van der Waals surface area contributed by atoms with E-state index in [9.17, 15) is 4.79 Å². The standard InChI is InChI=1S/C29H35N7O2.ClH/c1-3-7-25(31-2)29(37)33-20-12-14-21(15-13-20)36-28-24(18-32-36)26(30)34-27(35-28)19-10-16-23(17-11-19)38-22-8-5-4-6-9-22;/h4-6,8-11,16-18,20-21,25,31H,3,7,12-15H2,1-2H3,(H,33,37)(H2,30,34,35);1H/t20?,21?,25-;/m0./s1. The van der Waals surface area contributed by atoms with E-state index in [0.29, 0.717) is 11.6 Å². The van der Waals surface area contributed by atoms with Gasteiger partial charge in [-0.3, -0.25) is 4.79 Å². The third-order valence-corrected chi connectivity index (χ3v) is 7.21. The molecule has 1 atom stereocenters. The molecule has 0 bridgehead atoms. The van der Waals surface area contributed by atoms with Gasteiger partial charge in [0.15, 0.2) is 11.5 Å². The first kappa shape index (κ1) is 28.3. The van der Waals surface area contributed by atoms with Gasteiger partial charge in [-0.05, 0) is 75.5 Å². The van der Waals surface area contributed by atoms with E-state index in [1.54, 1.807) is 6.20 Å². The third kappa shape index (κ3) is 6.49. The lowest BCUT2D eigenvalue weighted by molar-refractivity contribution is -0.124. The van der Waals surface area contributed by atoms with Gasteiger partial charge < -0.3 is 21.1 Å². The van der Waals surface area contributed by atoms with Crippen LogP contribution in [0.15, 0.2) is 60.8 Å². The van der Waals surface area contributed by atoms with Gasteiger partial charge in [0.2, 0.25) is 5.91 Å². The summed E-state index contributed by atoms with van der Waals surface area (Å²) in [5.74, 6) is 2.57. The van der Waals surface area contributed by atoms with Crippen LogP contribution in [0, 0.1) is 0 Å². The number of halogens is 1. The minimum absolute atomic E-state index is 0. The number of amides is 1. The Morgan fingerprint density at radius 3 is 2.41 bits per heavy atom. The summed E-state index contributed by atoms with van der Waals surface area (Å²) in [7, 11) is 1.84. The van der Waals surface area contributed by atoms with Gasteiger partial charge in [-0.15, -0.1) is 12.4 Å². The largest absolute Gasteiger partial charge is 0.457 e. The van der Waals surface area contributed by atoms with E-state index >= 15 is 0 Å². The smallest absolute Gasteiger partial charge is 0.237 e. The number of para-hydroxylation sites is 1. The Kier molecular flexibility index (Phi) is 9.37. The van der Waals surface area contributed by atoms with Gasteiger partial charge in [0.25, 0.3) is 0 Å². The first-order chi connectivity index (χ1) is 18.6. The molecule has 0 radical (unpaired) electrons. The van der Waals surface area contributed by atoms with Crippen molar-refractivity contribution in [2.24, 2.45) is 0 Å². The summed E-state index contributed by atoms with van der Waals surface area (Å²) < 4.78 is 7.89. The number of carbonyl (C=O) groups excluding carboxylic acids is 1. The number of nitrogens with two attached hydrogens (primary N) is 1. The monoisotopic (exact) mass is 549 g/mol. The van der Waals surface area contributed by atoms with Crippen LogP contribution in [-0.2, 0) is 4.79 Å². The summed E-state index contributed by atoms with van der Waals surface area (Å²) in [5, 5.41) is 11.8. The zero-order valence-electron chi connectivity index (χ0n) is 22.3. The van der Waals surface area contributed by atoms with Crippen LogP contribution in [0.25, 0.3) is 22.4 Å². The Hall–Kier alpha value is -3.69. The van der Waals surface area contributed by atoms with Gasteiger partial charge in [0.1, 0.15) is 17.3 Å². The molecule has 5 rings (SSSR count). The highest BCUT2D eigenvalue weighted by atomic mass is 35.5. The van der Waals surface area contributed by atoms with Crippen molar-refractivity contribution in [2.75, 3.05) is 12.8 Å². The second-order valence-corrected chi connectivity index (χ2v) is 9.84. The van der Waals surface area contributed by atoms with Crippen molar-refractivity contribution in [1.82, 2.24) is 30.4 Å². The van der Waals surface area contributed by atoms with Crippen LogP contribution in [0.3, 0.4) is 0 Å². The second kappa shape index (κ2) is 12.9. The molecular weight excluding hydrogens is 514 g/mol. The number of nitrogens with one attached hydrogen (secondary N) is 2. The van der Waals surface area contributed by atoms with Crippen molar-refractivity contribution in [1.29, 1.82) is 0 Å². The highest BCUT2D eigenvalue weighted by Gasteiger charge is 2.27. The van der Waals surface area contributed by atoms with Gasteiger partial charge in [0, 0.05) is 11.6 Å². The summed E-state index contributed by atoms with van der Waals surface area (Å²) in [4.78, 5) is 22.0. The molecule has 2 aromatic carbocycles. The SMILES string of the molecule is CCC[C@H](NC)C(=O)NC1CCC(n2ncc3c(N)nc(-c4ccc(Oc5ccccc5)cc4)nc32)CC1.Cl. The fourth-order valence-electron chi connectivity index (χ4n) is 5.10. The highest BCUT2D eigenvalue weighted by Crippen LogP contribution is 2.33. The maximum Gasteiger partial charge on any atom is 0.237 e. The molecule has 4 aromatic rings. The molecule has 1 amide bonds. The molecule has 1 saturated carbocycles. The van der Waals surface area contributed by atoms with Crippen LogP contribution in [0.5, 0.6) is 11.5 Å². The number of likely N-dealkylation sites (N-methyl/N-ethyl adjacent to an activating group) is 1. The number of nitrogen functional groups attached to an aromatic ring is 1. The Balaban J connectivity index is 0.00000353. The molecule has 9 nitrogen and oxygen atoms in total. The number of hydrogen-bond donors (Lipinski definition) is 3. The van der Waals surface area contributed by atoms with Crippen molar-refractivity contribution >= 4 is 35.2 Å². The van der Waals surface area contributed by atoms with Crippen molar-refractivity contribution in [3.05, 3.63) is 60.8 Å². The van der Waals surface area contributed by atoms with E-state index < -0.39 is 0 Å². The fraction of sp³-hybridized carbons (Fsp3) is 0.379. The molecule has 0 saturated heterocycles. The average Bonchev–Trinajstić information content (AvgIpc) is 3.38. The summed E-state index contributed by atoms with van der Waals surface area (Å²) in [6.07, 6.45) is 7.17. The lowest BCUT2D eigenvalue weighted by Crippen LogP contribution is -2.47. The number of aromatic nitrogens is 4. The van der Waals surface area contributed by atoms with Crippen LogP contribution >= 0.6 is 12.4 Å². The molecule has 10 heteroatoms. The van der Waals surface area contributed by atoms with Crippen molar-refractivity contribution in [2.45, 2.75) is 63.6 Å². The molecule has 0 spiro atoms. The zero-order chi connectivity index (χ0) is 26.5. The molecule has 1 aliphatic rings. The number of benzene rings is 2. The summed E-state index contributed by atoms with van der Waals surface area (Å²) in [5.41, 5.74) is 7.92. The molecule has 39 heavy (non-hydrogen) atoms. The van der Waals surface area contributed by atoms with Crippen molar-refractivity contribution in [3.8, 4) is 22.9 Å². The van der Waals surface area contributed by atoms with Gasteiger partial charge in [-0.1, -0.05) is 31.5 Å². The molecule has 2 aromatic heterocycles. The van der Waals surface area contributed by atoms with Gasteiger partial charge >= 0.3 is 0 Å². The normalized spacial score (nSPS) is 17.8. The number of fused-ring (bicyclic) bond motifs is 1. The number of carbonyl (C=O) groups is 1. The summed E-state index contributed by atoms with van der Waals surface area (Å²) >= 11 is 0. The number of hydrogen-bond acceptors (Lipinski definition) is 7. The highest BCUT2D eigenvalue weighted by molar-refractivity contribution is 5.87. The van der Waals surface area contributed by atoms with E-state index in [0.717, 1.165) is 66.6 Å². The first-order valence-electron chi connectivity index (χ1n) is 13.4. The lowest BCUT2D eigenvalue weighted by Gasteiger charge is -2.30. The van der Waals surface area contributed by atoms with Crippen LogP contribution in [-0.4, -0.2) is 44.8 Å². The lowest BCUT2D eigenvalue weighted by atomic mass is 9.91. The number of anilines is 1. The fourth-order valence-corrected chi connectivity index (χ4v) is 5.10. The summed E-state index contributed by atoms with van der Waals surface area (Å²) in [6, 6.07) is 17.6. The Morgan fingerprint density at radius 2 is 1.74 bits per heavy atom. The third-order valence-electron chi connectivity index (χ3n) is 7.21. The molecule has 0 aliphatic heterocycles. The average molecular weight is 550 g/mol. The van der Waals surface area contributed by atoms with Crippen molar-refractivity contribution in [3.63, 3.8) is 0 Å². The topological polar surface area (TPSA) is 120 Å². The molecule has 206 valence electrons. The summed E-state index contributed by atoms with van der Waals surface area (Å²) in [6.45, 7) is 2.09. The Morgan fingerprint density at radius 1 is 1.05 bits per heavy atom. The molecule has 2 heterocycles. The molecule has 1 fully saturated rings. The zero-order valence-corrected chi connectivity index (χ0v) is 23.2. The predicted octanol–water partition coefficient (Wildman–Crippen LogP) is 5.28. The first-order valence-corrected chi connectivity index (χ1v) is 13.4. The number of ether oxygens (including phenoxy) is 1. The number of nitrogens with zero attached hydrogens (tertiary/aromatic N) is 4. The minimum Gasteiger partial charge on any atom is -0.457 e. The molecule has 4 N–H and O–H groups in total. The minimum atomic E-state index is -0.134. The van der Waals surface area contributed by atoms with Crippen molar-refractivity contribution < 1.29 is 9.53 Å². The van der Waals surface area contributed by atoms with E-state index in [1.165, 1.54) is 0 Å². The van der Waals surface area contributed by atoms with Crippen LogP contribution < -0.4 is 21.1 Å². The van der Waals surface area contributed by atoms with E-state index in [1.807, 2.05) is 66.3 Å². The maximum absolute atomic E-state index is 12.6. The van der Waals surface area contributed by atoms with E-state index in [2.05, 4.69) is 27.6 Å². The van der Waals surface area contributed by atoms with Crippen LogP contribution in [0.4, 0.5) is 5.82 Å². The van der Waals surface area contributed by atoms with Crippen LogP contribution in [0.1, 0.15) is 51.5 Å². The molecule has 0 unspecified atom stereocenters. The maximum atomic E-state index is 12.6. The van der Waals surface area contributed by atoms with Gasteiger partial charge in [-0.2, -0.15) is 5.10 Å².